The Labute approximate surface area is 109 Å². The molecular weight excluding hydrogens is 248 g/mol. The van der Waals surface area contributed by atoms with E-state index < -0.39 is 0 Å². The molecule has 0 aliphatic carbocycles. The number of carbonyl (C=O) groups is 1. The standard InChI is InChI=1S/C12H14N4OS/c13-16-11-5-1-4-10(15-11)12(17)14-7-6-9-3-2-8-18-9/h1-5,8H,6-7,13H2,(H,14,17)(H,15,16). The van der Waals surface area contributed by atoms with Gasteiger partial charge in [0.1, 0.15) is 11.5 Å². The van der Waals surface area contributed by atoms with E-state index in [9.17, 15) is 4.79 Å². The lowest BCUT2D eigenvalue weighted by molar-refractivity contribution is 0.0949. The van der Waals surface area contributed by atoms with Crippen LogP contribution in [-0.4, -0.2) is 17.4 Å². The Balaban J connectivity index is 1.87. The Bertz CT molecular complexity index is 513. The number of nitrogens with zero attached hydrogens (tertiary/aromatic N) is 1. The minimum absolute atomic E-state index is 0.191. The second-order valence-electron chi connectivity index (χ2n) is 3.64. The Morgan fingerprint density at radius 3 is 2.94 bits per heavy atom. The van der Waals surface area contributed by atoms with Gasteiger partial charge in [0.25, 0.3) is 5.91 Å². The number of nitrogen functional groups attached to an aromatic ring is 1. The summed E-state index contributed by atoms with van der Waals surface area (Å²) < 4.78 is 0. The largest absolute Gasteiger partial charge is 0.350 e. The molecule has 0 spiro atoms. The van der Waals surface area contributed by atoms with Crippen molar-refractivity contribution < 1.29 is 4.79 Å². The van der Waals surface area contributed by atoms with Crippen molar-refractivity contribution in [2.45, 2.75) is 6.42 Å². The molecule has 94 valence electrons. The van der Waals surface area contributed by atoms with Crippen molar-refractivity contribution in [2.75, 3.05) is 12.0 Å². The maximum absolute atomic E-state index is 11.8. The number of hydrogen-bond acceptors (Lipinski definition) is 5. The first-order valence-electron chi connectivity index (χ1n) is 5.54. The molecular formula is C12H14N4OS. The number of anilines is 1. The Morgan fingerprint density at radius 2 is 2.22 bits per heavy atom. The van der Waals surface area contributed by atoms with E-state index in [1.165, 1.54) is 4.88 Å². The zero-order valence-electron chi connectivity index (χ0n) is 9.72. The number of hydrogen-bond donors (Lipinski definition) is 3. The van der Waals surface area contributed by atoms with Crippen LogP contribution in [0.25, 0.3) is 0 Å². The van der Waals surface area contributed by atoms with E-state index in [0.29, 0.717) is 18.1 Å². The lowest BCUT2D eigenvalue weighted by Crippen LogP contribution is -2.26. The number of carbonyl (C=O) groups excluding carboxylic acids is 1. The molecule has 0 saturated carbocycles. The summed E-state index contributed by atoms with van der Waals surface area (Å²) in [5.41, 5.74) is 2.77. The zero-order chi connectivity index (χ0) is 12.8. The van der Waals surface area contributed by atoms with Crippen LogP contribution in [0.1, 0.15) is 15.4 Å². The second-order valence-corrected chi connectivity index (χ2v) is 4.67. The molecule has 0 aromatic carbocycles. The van der Waals surface area contributed by atoms with Crippen LogP contribution in [0, 0.1) is 0 Å². The first-order chi connectivity index (χ1) is 8.79. The Hall–Kier alpha value is -1.92. The van der Waals surface area contributed by atoms with Gasteiger partial charge in [-0.2, -0.15) is 0 Å². The van der Waals surface area contributed by atoms with Gasteiger partial charge in [-0.1, -0.05) is 12.1 Å². The highest BCUT2D eigenvalue weighted by atomic mass is 32.1. The molecule has 18 heavy (non-hydrogen) atoms. The molecule has 1 amide bonds. The van der Waals surface area contributed by atoms with Crippen LogP contribution >= 0.6 is 11.3 Å². The average Bonchev–Trinajstić information content (AvgIpc) is 2.92. The van der Waals surface area contributed by atoms with Gasteiger partial charge in [-0.05, 0) is 30.0 Å². The van der Waals surface area contributed by atoms with Gasteiger partial charge in [-0.15, -0.1) is 11.3 Å². The molecule has 5 nitrogen and oxygen atoms in total. The van der Waals surface area contributed by atoms with Crippen LogP contribution in [0.5, 0.6) is 0 Å². The SMILES string of the molecule is NNc1cccc(C(=O)NCCc2cccs2)n1. The van der Waals surface area contributed by atoms with Crippen LogP contribution in [0.4, 0.5) is 5.82 Å². The van der Waals surface area contributed by atoms with E-state index >= 15 is 0 Å². The molecule has 2 heterocycles. The first-order valence-corrected chi connectivity index (χ1v) is 6.42. The van der Waals surface area contributed by atoms with Crippen molar-refractivity contribution in [3.05, 3.63) is 46.3 Å². The highest BCUT2D eigenvalue weighted by Crippen LogP contribution is 2.08. The van der Waals surface area contributed by atoms with Gasteiger partial charge < -0.3 is 10.7 Å². The van der Waals surface area contributed by atoms with Crippen LogP contribution in [0.2, 0.25) is 0 Å². The van der Waals surface area contributed by atoms with Crippen LogP contribution in [0.3, 0.4) is 0 Å². The first kappa shape index (κ1) is 12.5. The molecule has 0 atom stereocenters. The number of hydrazine groups is 1. The van der Waals surface area contributed by atoms with E-state index in [-0.39, 0.29) is 5.91 Å². The number of thiophene rings is 1. The molecule has 0 saturated heterocycles. The number of nitrogens with two attached hydrogens (primary N) is 1. The summed E-state index contributed by atoms with van der Waals surface area (Å²) >= 11 is 1.68. The number of amides is 1. The van der Waals surface area contributed by atoms with Crippen molar-refractivity contribution in [1.82, 2.24) is 10.3 Å². The summed E-state index contributed by atoms with van der Waals surface area (Å²) in [4.78, 5) is 17.1. The normalized spacial score (nSPS) is 10.1. The van der Waals surface area contributed by atoms with Crippen molar-refractivity contribution >= 4 is 23.1 Å². The van der Waals surface area contributed by atoms with Gasteiger partial charge in [-0.25, -0.2) is 10.8 Å². The third kappa shape index (κ3) is 3.28. The summed E-state index contributed by atoms with van der Waals surface area (Å²) in [7, 11) is 0. The second kappa shape index (κ2) is 6.13. The average molecular weight is 262 g/mol. The smallest absolute Gasteiger partial charge is 0.269 e. The van der Waals surface area contributed by atoms with E-state index in [2.05, 4.69) is 15.7 Å². The van der Waals surface area contributed by atoms with Gasteiger partial charge in [0.2, 0.25) is 0 Å². The highest BCUT2D eigenvalue weighted by Gasteiger charge is 2.07. The van der Waals surface area contributed by atoms with Crippen molar-refractivity contribution in [2.24, 2.45) is 5.84 Å². The Kier molecular flexibility index (Phi) is 4.27. The predicted octanol–water partition coefficient (Wildman–Crippen LogP) is 1.40. The van der Waals surface area contributed by atoms with Gasteiger partial charge in [0.05, 0.1) is 0 Å². The fraction of sp³-hybridized carbons (Fsp3) is 0.167. The molecule has 4 N–H and O–H groups in total. The summed E-state index contributed by atoms with van der Waals surface area (Å²) in [6, 6.07) is 9.13. The van der Waals surface area contributed by atoms with Crippen LogP contribution in [-0.2, 0) is 6.42 Å². The molecule has 2 aromatic rings. The van der Waals surface area contributed by atoms with Gasteiger partial charge >= 0.3 is 0 Å². The maximum atomic E-state index is 11.8. The lowest BCUT2D eigenvalue weighted by Gasteiger charge is -2.05. The molecule has 2 aromatic heterocycles. The lowest BCUT2D eigenvalue weighted by atomic mass is 10.3. The molecule has 0 aliphatic heterocycles. The molecule has 0 fully saturated rings. The van der Waals surface area contributed by atoms with E-state index in [1.807, 2.05) is 17.5 Å². The van der Waals surface area contributed by atoms with Crippen molar-refractivity contribution in [1.29, 1.82) is 0 Å². The van der Waals surface area contributed by atoms with Crippen molar-refractivity contribution in [3.63, 3.8) is 0 Å². The number of rotatable bonds is 5. The van der Waals surface area contributed by atoms with Crippen molar-refractivity contribution in [3.8, 4) is 0 Å². The fourth-order valence-corrected chi connectivity index (χ4v) is 2.20. The third-order valence-electron chi connectivity index (χ3n) is 2.37. The topological polar surface area (TPSA) is 80.0 Å². The molecule has 0 unspecified atom stereocenters. The summed E-state index contributed by atoms with van der Waals surface area (Å²) in [6.07, 6.45) is 0.832. The quantitative estimate of drug-likeness (QED) is 0.562. The molecule has 0 bridgehead atoms. The van der Waals surface area contributed by atoms with Gasteiger partial charge in [-0.3, -0.25) is 4.79 Å². The summed E-state index contributed by atoms with van der Waals surface area (Å²) in [5, 5.41) is 4.85. The fourth-order valence-electron chi connectivity index (χ4n) is 1.49. The number of aromatic nitrogens is 1. The number of pyridine rings is 1. The highest BCUT2D eigenvalue weighted by molar-refractivity contribution is 7.09. The summed E-state index contributed by atoms with van der Waals surface area (Å²) in [6.45, 7) is 0.599. The van der Waals surface area contributed by atoms with E-state index in [0.717, 1.165) is 6.42 Å². The minimum Gasteiger partial charge on any atom is -0.350 e. The predicted molar refractivity (Wildman–Crippen MR) is 72.4 cm³/mol. The zero-order valence-corrected chi connectivity index (χ0v) is 10.5. The third-order valence-corrected chi connectivity index (χ3v) is 3.30. The van der Waals surface area contributed by atoms with Gasteiger partial charge in [0.15, 0.2) is 0 Å². The van der Waals surface area contributed by atoms with Gasteiger partial charge in [0, 0.05) is 11.4 Å². The molecule has 0 aliphatic rings. The molecule has 0 radical (unpaired) electrons. The van der Waals surface area contributed by atoms with E-state index in [4.69, 9.17) is 5.84 Å². The molecule has 2 rings (SSSR count). The molecule has 6 heteroatoms. The maximum Gasteiger partial charge on any atom is 0.269 e. The van der Waals surface area contributed by atoms with Crippen LogP contribution in [0.15, 0.2) is 35.7 Å². The number of nitrogens with one attached hydrogen (secondary N) is 2. The minimum atomic E-state index is -0.191. The van der Waals surface area contributed by atoms with Crippen LogP contribution < -0.4 is 16.6 Å². The Morgan fingerprint density at radius 1 is 1.33 bits per heavy atom. The van der Waals surface area contributed by atoms with E-state index in [1.54, 1.807) is 29.5 Å². The monoisotopic (exact) mass is 262 g/mol. The summed E-state index contributed by atoms with van der Waals surface area (Å²) in [5.74, 6) is 5.52.